The van der Waals surface area contributed by atoms with E-state index < -0.39 is 5.69 Å². The number of hydrogen-bond donors (Lipinski definition) is 1. The van der Waals surface area contributed by atoms with Crippen molar-refractivity contribution >= 4 is 28.9 Å². The summed E-state index contributed by atoms with van der Waals surface area (Å²) in [4.78, 5) is 0. The summed E-state index contributed by atoms with van der Waals surface area (Å²) in [5.74, 6) is 0. The molecule has 0 saturated heterocycles. The van der Waals surface area contributed by atoms with Gasteiger partial charge in [0.25, 0.3) is 0 Å². The van der Waals surface area contributed by atoms with Crippen molar-refractivity contribution < 1.29 is 14.2 Å². The number of rotatable bonds is 6. The molecule has 0 rings (SSSR count). The summed E-state index contributed by atoms with van der Waals surface area (Å²) in [5, 5.41) is 8.46. The first kappa shape index (κ1) is 11.9. The molecule has 0 amide bonds. The van der Waals surface area contributed by atoms with Crippen LogP contribution >= 0.6 is 17.1 Å². The predicted molar refractivity (Wildman–Crippen MR) is 52.5 cm³/mol. The van der Waals surface area contributed by atoms with Crippen molar-refractivity contribution in [2.45, 2.75) is 6.42 Å². The minimum absolute atomic E-state index is 0.132. The fraction of sp³-hybridized carbons (Fsp3) is 1.00. The Balaban J connectivity index is 3.61. The molecule has 0 heterocycles. The molecule has 0 aromatic rings. The van der Waals surface area contributed by atoms with Crippen molar-refractivity contribution in [1.29, 1.82) is 0 Å². The van der Waals surface area contributed by atoms with Crippen LogP contribution in [-0.4, -0.2) is 31.7 Å². The minimum Gasteiger partial charge on any atom is -0.396 e. The van der Waals surface area contributed by atoms with Crippen molar-refractivity contribution in [2.24, 2.45) is 0 Å². The smallest absolute Gasteiger partial charge is 0.246 e. The lowest BCUT2D eigenvalue weighted by Gasteiger charge is -2.16. The Morgan fingerprint density at radius 1 is 1.64 bits per heavy atom. The van der Waals surface area contributed by atoms with Gasteiger partial charge in [-0.15, -0.1) is 0 Å². The lowest BCUT2D eigenvalue weighted by atomic mass is 10.5. The molecule has 0 spiro atoms. The summed E-state index contributed by atoms with van der Waals surface area (Å²) < 4.78 is 10.3. The van der Waals surface area contributed by atoms with Crippen LogP contribution in [0.15, 0.2) is 0 Å². The van der Waals surface area contributed by atoms with E-state index >= 15 is 0 Å². The summed E-state index contributed by atoms with van der Waals surface area (Å²) in [6.45, 7) is 0.607. The summed E-state index contributed by atoms with van der Waals surface area (Å²) >= 11 is 6.49. The van der Waals surface area contributed by atoms with Crippen molar-refractivity contribution in [2.75, 3.05) is 26.6 Å². The van der Waals surface area contributed by atoms with E-state index in [0.717, 1.165) is 0 Å². The maximum absolute atomic E-state index is 8.46. The van der Waals surface area contributed by atoms with Crippen LogP contribution in [0.1, 0.15) is 6.42 Å². The molecule has 0 bridgehead atoms. The Morgan fingerprint density at radius 3 is 2.64 bits per heavy atom. The Labute approximate surface area is 76.4 Å². The van der Waals surface area contributed by atoms with Crippen LogP contribution in [0, 0.1) is 0 Å². The Morgan fingerprint density at radius 2 is 2.27 bits per heavy atom. The fourth-order valence-corrected chi connectivity index (χ4v) is 2.34. The zero-order valence-corrected chi connectivity index (χ0v) is 9.18. The van der Waals surface area contributed by atoms with E-state index in [1.807, 2.05) is 6.26 Å². The van der Waals surface area contributed by atoms with Crippen LogP contribution in [0.2, 0.25) is 0 Å². The highest BCUT2D eigenvalue weighted by Crippen LogP contribution is 2.58. The predicted octanol–water partition coefficient (Wildman–Crippen LogP) is 1.62. The van der Waals surface area contributed by atoms with Gasteiger partial charge in [0, 0.05) is 13.7 Å². The lowest BCUT2D eigenvalue weighted by molar-refractivity contribution is 0.230. The van der Waals surface area contributed by atoms with Gasteiger partial charge in [-0.25, -0.2) is 0 Å². The van der Waals surface area contributed by atoms with Crippen molar-refractivity contribution in [3.63, 3.8) is 0 Å². The standard InChI is InChI=1S/C5H13O3PS2/c1-7-9(10,11-2)8-5-3-4-6/h6H,3-5H2,1-2H3. The summed E-state index contributed by atoms with van der Waals surface area (Å²) in [6, 6.07) is 0. The molecule has 0 saturated carbocycles. The monoisotopic (exact) mass is 216 g/mol. The maximum atomic E-state index is 8.46. The van der Waals surface area contributed by atoms with Crippen molar-refractivity contribution in [3.8, 4) is 0 Å². The topological polar surface area (TPSA) is 38.7 Å². The molecule has 1 unspecified atom stereocenters. The van der Waals surface area contributed by atoms with E-state index in [2.05, 4.69) is 0 Å². The molecule has 1 N–H and O–H groups in total. The molecule has 0 aliphatic carbocycles. The molecule has 1 atom stereocenters. The number of aliphatic hydroxyl groups excluding tert-OH is 1. The second kappa shape index (κ2) is 6.40. The van der Waals surface area contributed by atoms with Gasteiger partial charge in [0.15, 0.2) is 0 Å². The lowest BCUT2D eigenvalue weighted by Crippen LogP contribution is -1.94. The third-order valence-electron chi connectivity index (χ3n) is 0.999. The second-order valence-corrected chi connectivity index (χ2v) is 8.28. The van der Waals surface area contributed by atoms with E-state index in [1.54, 1.807) is 7.11 Å². The fourth-order valence-electron chi connectivity index (χ4n) is 0.421. The summed E-state index contributed by atoms with van der Waals surface area (Å²) in [6.07, 6.45) is 2.48. The Bertz CT molecular complexity index is 134. The zero-order chi connectivity index (χ0) is 8.74. The number of hydrogen-bond acceptors (Lipinski definition) is 5. The highest BCUT2D eigenvalue weighted by Gasteiger charge is 2.14. The highest BCUT2D eigenvalue weighted by atomic mass is 32.9. The number of aliphatic hydroxyl groups is 1. The quantitative estimate of drug-likeness (QED) is 0.539. The van der Waals surface area contributed by atoms with E-state index in [1.165, 1.54) is 11.4 Å². The first-order valence-corrected chi connectivity index (χ1v) is 7.62. The molecular formula is C5H13O3PS2. The van der Waals surface area contributed by atoms with E-state index in [9.17, 15) is 0 Å². The van der Waals surface area contributed by atoms with Gasteiger partial charge in [-0.3, -0.25) is 0 Å². The molecule has 11 heavy (non-hydrogen) atoms. The SMILES string of the molecule is COP(=S)(OCCCO)SC. The van der Waals surface area contributed by atoms with Gasteiger partial charge < -0.3 is 14.2 Å². The molecule has 0 fully saturated rings. The molecule has 68 valence electrons. The molecule has 6 heteroatoms. The van der Waals surface area contributed by atoms with Gasteiger partial charge >= 0.3 is 0 Å². The molecule has 0 aromatic carbocycles. The van der Waals surface area contributed by atoms with Crippen molar-refractivity contribution in [1.82, 2.24) is 0 Å². The van der Waals surface area contributed by atoms with Crippen molar-refractivity contribution in [3.05, 3.63) is 0 Å². The largest absolute Gasteiger partial charge is 0.396 e. The zero-order valence-electron chi connectivity index (χ0n) is 6.65. The van der Waals surface area contributed by atoms with E-state index in [4.69, 9.17) is 26.0 Å². The van der Waals surface area contributed by atoms with E-state index in [-0.39, 0.29) is 6.61 Å². The average Bonchev–Trinajstić information content (AvgIpc) is 2.05. The molecule has 3 nitrogen and oxygen atoms in total. The molecule has 0 aromatic heterocycles. The minimum atomic E-state index is -2.07. The first-order valence-electron chi connectivity index (χ1n) is 3.15. The van der Waals surface area contributed by atoms with Crippen LogP contribution < -0.4 is 0 Å². The maximum Gasteiger partial charge on any atom is 0.246 e. The Kier molecular flexibility index (Phi) is 6.91. The molecule has 0 aliphatic rings. The van der Waals surface area contributed by atoms with Crippen LogP contribution in [0.5, 0.6) is 0 Å². The second-order valence-electron chi connectivity index (χ2n) is 1.72. The third kappa shape index (κ3) is 5.17. The van der Waals surface area contributed by atoms with Crippen LogP contribution in [0.25, 0.3) is 0 Å². The average molecular weight is 216 g/mol. The van der Waals surface area contributed by atoms with Gasteiger partial charge in [-0.1, -0.05) is 11.4 Å². The normalized spacial score (nSPS) is 16.3. The molecular weight excluding hydrogens is 203 g/mol. The molecule has 0 aliphatic heterocycles. The van der Waals surface area contributed by atoms with Gasteiger partial charge in [-0.2, -0.15) is 0 Å². The summed E-state index contributed by atoms with van der Waals surface area (Å²) in [5.41, 5.74) is -2.07. The Hall–Kier alpha value is 0.880. The van der Waals surface area contributed by atoms with Crippen LogP contribution in [-0.2, 0) is 20.9 Å². The van der Waals surface area contributed by atoms with E-state index in [0.29, 0.717) is 13.0 Å². The van der Waals surface area contributed by atoms with Crippen LogP contribution in [0.3, 0.4) is 0 Å². The van der Waals surface area contributed by atoms with Gasteiger partial charge in [0.05, 0.1) is 6.61 Å². The summed E-state index contributed by atoms with van der Waals surface area (Å²) in [7, 11) is 1.55. The third-order valence-corrected chi connectivity index (χ3v) is 6.60. The van der Waals surface area contributed by atoms with Gasteiger partial charge in [-0.05, 0) is 24.5 Å². The van der Waals surface area contributed by atoms with Crippen LogP contribution in [0.4, 0.5) is 0 Å². The van der Waals surface area contributed by atoms with Gasteiger partial charge in [0.1, 0.15) is 0 Å². The highest BCUT2D eigenvalue weighted by molar-refractivity contribution is 8.67. The first-order chi connectivity index (χ1) is 5.18. The van der Waals surface area contributed by atoms with Gasteiger partial charge in [0.2, 0.25) is 5.69 Å². The molecule has 0 radical (unpaired) electrons.